The van der Waals surface area contributed by atoms with Crippen LogP contribution in [-0.2, 0) is 13.2 Å². The molecule has 0 aliphatic rings. The Kier molecular flexibility index (Phi) is 4.23. The molecule has 96 valence electrons. The molecule has 1 heterocycles. The first kappa shape index (κ1) is 12.9. The second kappa shape index (κ2) is 5.89. The van der Waals surface area contributed by atoms with Gasteiger partial charge in [-0.25, -0.2) is 0 Å². The first-order chi connectivity index (χ1) is 8.72. The maximum Gasteiger partial charge on any atom is 0.165 e. The van der Waals surface area contributed by atoms with Crippen molar-refractivity contribution in [3.63, 3.8) is 0 Å². The minimum Gasteiger partial charge on any atom is -0.452 e. The lowest BCUT2D eigenvalue weighted by molar-refractivity contribution is 0.281. The number of hydrogen-bond donors (Lipinski definition) is 1. The number of hydrogen-bond acceptors (Lipinski definition) is 3. The van der Waals surface area contributed by atoms with Gasteiger partial charge in [0.25, 0.3) is 0 Å². The zero-order chi connectivity index (χ0) is 13.0. The van der Waals surface area contributed by atoms with E-state index in [9.17, 15) is 0 Å². The summed E-state index contributed by atoms with van der Waals surface area (Å²) in [6.45, 7) is 2.92. The van der Waals surface area contributed by atoms with Gasteiger partial charge in [-0.3, -0.25) is 4.68 Å². The fourth-order valence-corrected chi connectivity index (χ4v) is 1.84. The molecule has 0 saturated carbocycles. The summed E-state index contributed by atoms with van der Waals surface area (Å²) in [4.78, 5) is 0. The van der Waals surface area contributed by atoms with Gasteiger partial charge in [-0.05, 0) is 24.1 Å². The van der Waals surface area contributed by atoms with E-state index in [1.165, 1.54) is 0 Å². The predicted octanol–water partition coefficient (Wildman–Crippen LogP) is 3.23. The maximum atomic E-state index is 8.99. The molecular formula is C13H15ClN2O2. The van der Waals surface area contributed by atoms with Crippen molar-refractivity contribution in [3.05, 3.63) is 41.2 Å². The Balaban J connectivity index is 2.12. The molecule has 0 aliphatic carbocycles. The van der Waals surface area contributed by atoms with Crippen LogP contribution in [0.15, 0.2) is 30.6 Å². The highest BCUT2D eigenvalue weighted by Crippen LogP contribution is 2.29. The highest BCUT2D eigenvalue weighted by atomic mass is 35.5. The Bertz CT molecular complexity index is 525. The summed E-state index contributed by atoms with van der Waals surface area (Å²) in [6.07, 6.45) is 4.51. The Labute approximate surface area is 111 Å². The van der Waals surface area contributed by atoms with Gasteiger partial charge in [-0.1, -0.05) is 24.6 Å². The van der Waals surface area contributed by atoms with Crippen molar-refractivity contribution in [3.8, 4) is 11.5 Å². The summed E-state index contributed by atoms with van der Waals surface area (Å²) in [5.41, 5.74) is 0.758. The van der Waals surface area contributed by atoms with Gasteiger partial charge in [0.1, 0.15) is 5.75 Å². The zero-order valence-electron chi connectivity index (χ0n) is 10.1. The second-order valence-electron chi connectivity index (χ2n) is 3.96. The third kappa shape index (κ3) is 3.03. The van der Waals surface area contributed by atoms with Crippen LogP contribution < -0.4 is 4.74 Å². The number of aryl methyl sites for hydroxylation is 1. The smallest absolute Gasteiger partial charge is 0.165 e. The number of halogens is 1. The van der Waals surface area contributed by atoms with Crippen molar-refractivity contribution in [2.45, 2.75) is 26.5 Å². The van der Waals surface area contributed by atoms with Gasteiger partial charge in [-0.15, -0.1) is 0 Å². The lowest BCUT2D eigenvalue weighted by Gasteiger charge is -2.06. The highest BCUT2D eigenvalue weighted by Gasteiger charge is 2.06. The number of aromatic nitrogens is 2. The van der Waals surface area contributed by atoms with Gasteiger partial charge < -0.3 is 9.84 Å². The molecule has 0 unspecified atom stereocenters. The molecule has 0 spiro atoms. The Morgan fingerprint density at radius 3 is 2.94 bits per heavy atom. The van der Waals surface area contributed by atoms with E-state index in [-0.39, 0.29) is 6.61 Å². The fraction of sp³-hybridized carbons (Fsp3) is 0.308. The molecule has 0 aliphatic heterocycles. The molecule has 18 heavy (non-hydrogen) atoms. The van der Waals surface area contributed by atoms with Crippen molar-refractivity contribution < 1.29 is 9.84 Å². The molecule has 1 N–H and O–H groups in total. The summed E-state index contributed by atoms with van der Waals surface area (Å²) >= 11 is 6.06. The number of ether oxygens (including phenoxy) is 1. The van der Waals surface area contributed by atoms with E-state index in [0.29, 0.717) is 16.5 Å². The van der Waals surface area contributed by atoms with Crippen molar-refractivity contribution in [1.29, 1.82) is 0 Å². The first-order valence-electron chi connectivity index (χ1n) is 5.82. The Morgan fingerprint density at radius 1 is 1.44 bits per heavy atom. The van der Waals surface area contributed by atoms with Crippen LogP contribution in [0.4, 0.5) is 0 Å². The molecule has 1 aromatic heterocycles. The van der Waals surface area contributed by atoms with E-state index in [1.807, 2.05) is 10.9 Å². The second-order valence-corrected chi connectivity index (χ2v) is 4.37. The largest absolute Gasteiger partial charge is 0.452 e. The van der Waals surface area contributed by atoms with Crippen molar-refractivity contribution in [1.82, 2.24) is 9.78 Å². The molecule has 2 aromatic rings. The summed E-state index contributed by atoms with van der Waals surface area (Å²) in [7, 11) is 0. The molecule has 0 fully saturated rings. The first-order valence-corrected chi connectivity index (χ1v) is 6.20. The van der Waals surface area contributed by atoms with Crippen molar-refractivity contribution in [2.24, 2.45) is 0 Å². The van der Waals surface area contributed by atoms with Gasteiger partial charge in [0, 0.05) is 6.54 Å². The van der Waals surface area contributed by atoms with Crippen LogP contribution in [0.25, 0.3) is 0 Å². The van der Waals surface area contributed by atoms with Crippen LogP contribution in [0.2, 0.25) is 5.02 Å². The van der Waals surface area contributed by atoms with E-state index < -0.39 is 0 Å². The molecule has 4 nitrogen and oxygen atoms in total. The van der Waals surface area contributed by atoms with Crippen LogP contribution in [0.1, 0.15) is 18.9 Å². The number of aliphatic hydroxyl groups excluding tert-OH is 1. The standard InChI is InChI=1S/C13H15ClN2O2/c1-2-5-16-8-11(7-15-16)18-13-4-3-10(9-17)6-12(13)14/h3-4,6-8,17H,2,5,9H2,1H3. The SMILES string of the molecule is CCCn1cc(Oc2ccc(CO)cc2Cl)cn1. The molecule has 1 aromatic carbocycles. The Hall–Kier alpha value is -1.52. The molecule has 0 saturated heterocycles. The fourth-order valence-electron chi connectivity index (χ4n) is 1.60. The molecular weight excluding hydrogens is 252 g/mol. The van der Waals surface area contributed by atoms with E-state index in [4.69, 9.17) is 21.4 Å². The minimum atomic E-state index is -0.0333. The molecule has 0 atom stereocenters. The molecule has 0 amide bonds. The third-order valence-electron chi connectivity index (χ3n) is 2.47. The maximum absolute atomic E-state index is 8.99. The van der Waals surface area contributed by atoms with E-state index in [2.05, 4.69) is 12.0 Å². The normalized spacial score (nSPS) is 10.6. The number of rotatable bonds is 5. The predicted molar refractivity (Wildman–Crippen MR) is 70.0 cm³/mol. The molecule has 5 heteroatoms. The van der Waals surface area contributed by atoms with Crippen LogP contribution in [0.3, 0.4) is 0 Å². The minimum absolute atomic E-state index is 0.0333. The number of aliphatic hydroxyl groups is 1. The zero-order valence-corrected chi connectivity index (χ0v) is 10.9. The van der Waals surface area contributed by atoms with E-state index in [1.54, 1.807) is 24.4 Å². The number of benzene rings is 1. The van der Waals surface area contributed by atoms with Crippen molar-refractivity contribution >= 4 is 11.6 Å². The van der Waals surface area contributed by atoms with Crippen molar-refractivity contribution in [2.75, 3.05) is 0 Å². The summed E-state index contributed by atoms with van der Waals surface area (Å²) < 4.78 is 7.46. The quantitative estimate of drug-likeness (QED) is 0.904. The summed E-state index contributed by atoms with van der Waals surface area (Å²) in [5.74, 6) is 1.21. The van der Waals surface area contributed by atoms with Gasteiger partial charge in [0.2, 0.25) is 0 Å². The summed E-state index contributed by atoms with van der Waals surface area (Å²) in [6, 6.07) is 5.20. The van der Waals surface area contributed by atoms with E-state index >= 15 is 0 Å². The highest BCUT2D eigenvalue weighted by molar-refractivity contribution is 6.32. The van der Waals surface area contributed by atoms with Gasteiger partial charge in [-0.2, -0.15) is 5.10 Å². The topological polar surface area (TPSA) is 47.3 Å². The lowest BCUT2D eigenvalue weighted by atomic mass is 10.2. The molecule has 0 radical (unpaired) electrons. The average Bonchev–Trinajstić information content (AvgIpc) is 2.80. The lowest BCUT2D eigenvalue weighted by Crippen LogP contribution is -1.95. The number of nitrogens with zero attached hydrogens (tertiary/aromatic N) is 2. The van der Waals surface area contributed by atoms with Crippen LogP contribution in [-0.4, -0.2) is 14.9 Å². The van der Waals surface area contributed by atoms with Crippen LogP contribution in [0.5, 0.6) is 11.5 Å². The average molecular weight is 267 g/mol. The van der Waals surface area contributed by atoms with Crippen LogP contribution >= 0.6 is 11.6 Å². The van der Waals surface area contributed by atoms with Crippen LogP contribution in [0, 0.1) is 0 Å². The Morgan fingerprint density at radius 2 is 2.28 bits per heavy atom. The van der Waals surface area contributed by atoms with E-state index in [0.717, 1.165) is 18.5 Å². The monoisotopic (exact) mass is 266 g/mol. The van der Waals surface area contributed by atoms with Gasteiger partial charge in [0.15, 0.2) is 5.75 Å². The third-order valence-corrected chi connectivity index (χ3v) is 2.76. The molecule has 0 bridgehead atoms. The summed E-state index contributed by atoms with van der Waals surface area (Å²) in [5, 5.41) is 13.6. The van der Waals surface area contributed by atoms with Gasteiger partial charge in [0.05, 0.1) is 24.0 Å². The molecule has 2 rings (SSSR count). The van der Waals surface area contributed by atoms with Gasteiger partial charge >= 0.3 is 0 Å².